The van der Waals surface area contributed by atoms with E-state index in [0.29, 0.717) is 0 Å². The highest BCUT2D eigenvalue weighted by atomic mass is 19.1. The molecule has 0 unspecified atom stereocenters. The van der Waals surface area contributed by atoms with E-state index in [1.807, 2.05) is 60.7 Å². The van der Waals surface area contributed by atoms with Crippen molar-refractivity contribution in [2.75, 3.05) is 16.8 Å². The highest BCUT2D eigenvalue weighted by molar-refractivity contribution is 6.03. The second-order valence-electron chi connectivity index (χ2n) is 5.70. The summed E-state index contributed by atoms with van der Waals surface area (Å²) in [6, 6.07) is 24.9. The third-order valence-electron chi connectivity index (χ3n) is 3.99. The first kappa shape index (κ1) is 16.7. The maximum absolute atomic E-state index is 14.4. The Kier molecular flexibility index (Phi) is 5.09. The third-order valence-corrected chi connectivity index (χ3v) is 3.99. The molecule has 0 atom stereocenters. The summed E-state index contributed by atoms with van der Waals surface area (Å²) in [7, 11) is 1.69. The van der Waals surface area contributed by atoms with Crippen molar-refractivity contribution in [2.45, 2.75) is 6.54 Å². The van der Waals surface area contributed by atoms with Crippen LogP contribution in [0.15, 0.2) is 84.9 Å². The first-order valence-corrected chi connectivity index (χ1v) is 8.05. The number of halogens is 1. The smallest absolute Gasteiger partial charge is 0.297 e. The lowest BCUT2D eigenvalue weighted by Crippen LogP contribution is -2.41. The van der Waals surface area contributed by atoms with Crippen LogP contribution in [0.5, 0.6) is 0 Å². The van der Waals surface area contributed by atoms with Crippen LogP contribution < -0.4 is 9.80 Å². The molecule has 0 heterocycles. The summed E-state index contributed by atoms with van der Waals surface area (Å²) in [5.74, 6) is -0.423. The van der Waals surface area contributed by atoms with Gasteiger partial charge in [0.1, 0.15) is 5.82 Å². The first-order chi connectivity index (χ1) is 12.2. The van der Waals surface area contributed by atoms with Gasteiger partial charge in [0.2, 0.25) is 0 Å². The highest BCUT2D eigenvalue weighted by Crippen LogP contribution is 2.24. The van der Waals surface area contributed by atoms with Gasteiger partial charge in [-0.15, -0.1) is 0 Å². The van der Waals surface area contributed by atoms with Gasteiger partial charge >= 0.3 is 6.03 Å². The van der Waals surface area contributed by atoms with Crippen LogP contribution in [0.25, 0.3) is 0 Å². The zero-order chi connectivity index (χ0) is 17.6. The Morgan fingerprint density at radius 3 is 2.04 bits per heavy atom. The minimum atomic E-state index is -0.423. The molecule has 0 N–H and O–H groups in total. The number of para-hydroxylation sites is 2. The topological polar surface area (TPSA) is 23.6 Å². The van der Waals surface area contributed by atoms with Crippen LogP contribution in [0, 0.1) is 5.82 Å². The van der Waals surface area contributed by atoms with Crippen molar-refractivity contribution in [2.24, 2.45) is 0 Å². The molecule has 0 fully saturated rings. The summed E-state index contributed by atoms with van der Waals surface area (Å²) < 4.78 is 14.4. The van der Waals surface area contributed by atoms with E-state index in [4.69, 9.17) is 0 Å². The molecule has 2 amide bonds. The number of benzene rings is 3. The van der Waals surface area contributed by atoms with E-state index in [1.165, 1.54) is 15.9 Å². The van der Waals surface area contributed by atoms with Crippen molar-refractivity contribution in [3.63, 3.8) is 0 Å². The van der Waals surface area contributed by atoms with Gasteiger partial charge in [0, 0.05) is 12.7 Å². The van der Waals surface area contributed by atoms with Crippen LogP contribution in [0.2, 0.25) is 0 Å². The van der Waals surface area contributed by atoms with E-state index in [0.717, 1.165) is 11.3 Å². The molecule has 0 aliphatic rings. The highest BCUT2D eigenvalue weighted by Gasteiger charge is 2.23. The van der Waals surface area contributed by atoms with E-state index >= 15 is 0 Å². The number of hydrogen-bond acceptors (Lipinski definition) is 1. The monoisotopic (exact) mass is 334 g/mol. The fraction of sp³-hybridized carbons (Fsp3) is 0.0952. The van der Waals surface area contributed by atoms with Crippen LogP contribution in [0.4, 0.5) is 20.6 Å². The minimum absolute atomic E-state index is 0.263. The van der Waals surface area contributed by atoms with Gasteiger partial charge in [-0.1, -0.05) is 60.7 Å². The molecular weight excluding hydrogens is 315 g/mol. The second-order valence-corrected chi connectivity index (χ2v) is 5.70. The number of carbonyl (C=O) groups is 1. The van der Waals surface area contributed by atoms with E-state index in [2.05, 4.69) is 0 Å². The van der Waals surface area contributed by atoms with Gasteiger partial charge in [-0.05, 0) is 29.8 Å². The molecular formula is C21H19FN2O. The molecule has 0 spiro atoms. The maximum atomic E-state index is 14.4. The fourth-order valence-electron chi connectivity index (χ4n) is 2.64. The Labute approximate surface area is 146 Å². The Hall–Kier alpha value is -3.14. The molecule has 3 rings (SSSR count). The van der Waals surface area contributed by atoms with Gasteiger partial charge in [-0.25, -0.2) is 9.18 Å². The van der Waals surface area contributed by atoms with Crippen LogP contribution in [0.1, 0.15) is 5.56 Å². The zero-order valence-electron chi connectivity index (χ0n) is 14.0. The summed E-state index contributed by atoms with van der Waals surface area (Å²) >= 11 is 0. The molecule has 0 saturated heterocycles. The predicted octanol–water partition coefficient (Wildman–Crippen LogP) is 5.09. The lowest BCUT2D eigenvalue weighted by Gasteiger charge is -2.28. The number of anilines is 2. The standard InChI is InChI=1S/C21H19FN2O/c1-23(18-12-6-3-7-13-18)21(25)24(16-17-10-4-2-5-11-17)20-15-9-8-14-19(20)22/h2-15H,16H2,1H3. The molecule has 3 aromatic carbocycles. The molecule has 0 radical (unpaired) electrons. The summed E-state index contributed by atoms with van der Waals surface area (Å²) in [5, 5.41) is 0. The number of nitrogens with zero attached hydrogens (tertiary/aromatic N) is 2. The van der Waals surface area contributed by atoms with Crippen molar-refractivity contribution in [3.05, 3.63) is 96.3 Å². The van der Waals surface area contributed by atoms with Crippen LogP contribution in [-0.2, 0) is 6.54 Å². The Balaban J connectivity index is 1.96. The summed E-state index contributed by atoms with van der Waals surface area (Å²) in [6.45, 7) is 0.289. The second kappa shape index (κ2) is 7.62. The Morgan fingerprint density at radius 2 is 1.40 bits per heavy atom. The van der Waals surface area contributed by atoms with Gasteiger partial charge in [0.15, 0.2) is 0 Å². The van der Waals surface area contributed by atoms with Crippen LogP contribution in [-0.4, -0.2) is 13.1 Å². The molecule has 0 aliphatic carbocycles. The minimum Gasteiger partial charge on any atom is -0.297 e. The molecule has 0 saturated carbocycles. The summed E-state index contributed by atoms with van der Waals surface area (Å²) in [5.41, 5.74) is 1.95. The lowest BCUT2D eigenvalue weighted by molar-refractivity contribution is 0.252. The van der Waals surface area contributed by atoms with E-state index in [-0.39, 0.29) is 18.3 Å². The average molecular weight is 334 g/mol. The van der Waals surface area contributed by atoms with Crippen molar-refractivity contribution in [1.82, 2.24) is 0 Å². The quantitative estimate of drug-likeness (QED) is 0.652. The molecule has 0 aliphatic heterocycles. The number of hydrogen-bond donors (Lipinski definition) is 0. The molecule has 3 aromatic rings. The normalized spacial score (nSPS) is 10.3. The maximum Gasteiger partial charge on any atom is 0.329 e. The molecule has 25 heavy (non-hydrogen) atoms. The largest absolute Gasteiger partial charge is 0.329 e. The molecule has 0 bridgehead atoms. The van der Waals surface area contributed by atoms with Gasteiger partial charge in [-0.2, -0.15) is 0 Å². The molecule has 3 nitrogen and oxygen atoms in total. The number of amides is 2. The summed E-state index contributed by atoms with van der Waals surface area (Å²) in [6.07, 6.45) is 0. The van der Waals surface area contributed by atoms with Crippen LogP contribution in [0.3, 0.4) is 0 Å². The Bertz CT molecular complexity index is 837. The fourth-order valence-corrected chi connectivity index (χ4v) is 2.64. The van der Waals surface area contributed by atoms with Crippen LogP contribution >= 0.6 is 0 Å². The van der Waals surface area contributed by atoms with E-state index in [1.54, 1.807) is 25.2 Å². The molecule has 0 aromatic heterocycles. The number of urea groups is 1. The first-order valence-electron chi connectivity index (χ1n) is 8.05. The van der Waals surface area contributed by atoms with E-state index < -0.39 is 5.82 Å². The number of carbonyl (C=O) groups excluding carboxylic acids is 1. The van der Waals surface area contributed by atoms with Crippen molar-refractivity contribution in [3.8, 4) is 0 Å². The lowest BCUT2D eigenvalue weighted by atomic mass is 10.2. The average Bonchev–Trinajstić information content (AvgIpc) is 2.67. The zero-order valence-corrected chi connectivity index (χ0v) is 14.0. The van der Waals surface area contributed by atoms with Crippen molar-refractivity contribution in [1.29, 1.82) is 0 Å². The summed E-state index contributed by atoms with van der Waals surface area (Å²) in [4.78, 5) is 16.1. The third kappa shape index (κ3) is 3.86. The Morgan fingerprint density at radius 1 is 0.840 bits per heavy atom. The van der Waals surface area contributed by atoms with Crippen molar-refractivity contribution < 1.29 is 9.18 Å². The molecule has 4 heteroatoms. The van der Waals surface area contributed by atoms with Crippen molar-refractivity contribution >= 4 is 17.4 Å². The van der Waals surface area contributed by atoms with Gasteiger partial charge in [0.25, 0.3) is 0 Å². The number of rotatable bonds is 4. The molecule has 126 valence electrons. The van der Waals surface area contributed by atoms with Gasteiger partial charge in [-0.3, -0.25) is 9.80 Å². The van der Waals surface area contributed by atoms with Gasteiger partial charge in [0.05, 0.1) is 12.2 Å². The van der Waals surface area contributed by atoms with E-state index in [9.17, 15) is 9.18 Å². The van der Waals surface area contributed by atoms with Gasteiger partial charge < -0.3 is 0 Å². The SMILES string of the molecule is CN(C(=O)N(Cc1ccccc1)c1ccccc1F)c1ccccc1. The predicted molar refractivity (Wildman–Crippen MR) is 99.3 cm³/mol.